The Labute approximate surface area is 107 Å². The topological polar surface area (TPSA) is 26.3 Å². The van der Waals surface area contributed by atoms with Gasteiger partial charge >= 0.3 is 5.97 Å². The van der Waals surface area contributed by atoms with Gasteiger partial charge in [0.1, 0.15) is 6.10 Å². The minimum atomic E-state index is 0.00412. The number of hydrogen-bond acceptors (Lipinski definition) is 2. The second kappa shape index (κ2) is 11.9. The average Bonchev–Trinajstić information content (AvgIpc) is 2.33. The lowest BCUT2D eigenvalue weighted by molar-refractivity contribution is -0.149. The van der Waals surface area contributed by atoms with Crippen LogP contribution in [0.25, 0.3) is 0 Å². The zero-order valence-corrected chi connectivity index (χ0v) is 12.0. The van der Waals surface area contributed by atoms with E-state index < -0.39 is 0 Å². The summed E-state index contributed by atoms with van der Waals surface area (Å²) in [5, 5.41) is 0. The molecule has 0 aromatic heterocycles. The maximum Gasteiger partial charge on any atom is 0.306 e. The van der Waals surface area contributed by atoms with E-state index in [-0.39, 0.29) is 12.1 Å². The lowest BCUT2D eigenvalue weighted by Gasteiger charge is -2.15. The molecule has 0 radical (unpaired) electrons. The van der Waals surface area contributed by atoms with E-state index in [1.54, 1.807) is 0 Å². The van der Waals surface area contributed by atoms with Gasteiger partial charge in [0.05, 0.1) is 0 Å². The van der Waals surface area contributed by atoms with Crippen molar-refractivity contribution < 1.29 is 9.53 Å². The molecule has 0 rings (SSSR count). The minimum absolute atomic E-state index is 0.00412. The number of ether oxygens (including phenoxy) is 1. The molecule has 0 bridgehead atoms. The molecule has 0 heterocycles. The molecule has 0 fully saturated rings. The Morgan fingerprint density at radius 1 is 0.941 bits per heavy atom. The summed E-state index contributed by atoms with van der Waals surface area (Å²) in [4.78, 5) is 11.6. The molecule has 0 saturated carbocycles. The van der Waals surface area contributed by atoms with E-state index in [1.807, 2.05) is 0 Å². The van der Waals surface area contributed by atoms with Gasteiger partial charge in [-0.3, -0.25) is 4.79 Å². The second-order valence-electron chi connectivity index (χ2n) is 4.83. The van der Waals surface area contributed by atoms with Gasteiger partial charge in [0.2, 0.25) is 0 Å². The maximum atomic E-state index is 11.6. The zero-order valence-electron chi connectivity index (χ0n) is 12.0. The minimum Gasteiger partial charge on any atom is -0.462 e. The fraction of sp³-hybridized carbons (Fsp3) is 0.933. The van der Waals surface area contributed by atoms with Gasteiger partial charge in [-0.25, -0.2) is 0 Å². The van der Waals surface area contributed by atoms with Crippen LogP contribution in [0.3, 0.4) is 0 Å². The van der Waals surface area contributed by atoms with Crippen molar-refractivity contribution in [1.82, 2.24) is 0 Å². The number of rotatable bonds is 11. The Bertz CT molecular complexity index is 178. The molecule has 0 spiro atoms. The average molecular weight is 242 g/mol. The van der Waals surface area contributed by atoms with Gasteiger partial charge in [-0.05, 0) is 25.7 Å². The van der Waals surface area contributed by atoms with E-state index in [0.29, 0.717) is 6.42 Å². The SMILES string of the molecule is CCCCCCC(=O)O[C@@H](CC)CCCCC. The molecule has 0 aliphatic carbocycles. The molecule has 0 aromatic rings. The Balaban J connectivity index is 3.59. The van der Waals surface area contributed by atoms with Crippen LogP contribution in [0.4, 0.5) is 0 Å². The lowest BCUT2D eigenvalue weighted by Crippen LogP contribution is -2.17. The first-order valence-electron chi connectivity index (χ1n) is 7.44. The first-order chi connectivity index (χ1) is 8.24. The first kappa shape index (κ1) is 16.5. The highest BCUT2D eigenvalue weighted by atomic mass is 16.5. The summed E-state index contributed by atoms with van der Waals surface area (Å²) in [7, 11) is 0. The molecule has 0 unspecified atom stereocenters. The standard InChI is InChI=1S/C15H30O2/c1-4-7-9-11-13-15(16)17-14(6-3)12-10-8-5-2/h14H,4-13H2,1-3H3/t14-/m0/s1. The van der Waals surface area contributed by atoms with Crippen LogP contribution in [0.1, 0.15) is 85.0 Å². The van der Waals surface area contributed by atoms with Gasteiger partial charge in [-0.15, -0.1) is 0 Å². The van der Waals surface area contributed by atoms with E-state index in [1.165, 1.54) is 32.1 Å². The van der Waals surface area contributed by atoms with Crippen molar-refractivity contribution in [3.8, 4) is 0 Å². The molecule has 0 N–H and O–H groups in total. The number of hydrogen-bond donors (Lipinski definition) is 0. The van der Waals surface area contributed by atoms with Crippen molar-refractivity contribution in [3.63, 3.8) is 0 Å². The van der Waals surface area contributed by atoms with Gasteiger partial charge in [-0.1, -0.05) is 52.9 Å². The summed E-state index contributed by atoms with van der Waals surface area (Å²) < 4.78 is 5.49. The van der Waals surface area contributed by atoms with Crippen LogP contribution >= 0.6 is 0 Å². The third-order valence-corrected chi connectivity index (χ3v) is 3.12. The fourth-order valence-corrected chi connectivity index (χ4v) is 1.91. The van der Waals surface area contributed by atoms with Crippen molar-refractivity contribution >= 4 is 5.97 Å². The van der Waals surface area contributed by atoms with Crippen LogP contribution in [0.15, 0.2) is 0 Å². The number of carbonyl (C=O) groups excluding carboxylic acids is 1. The molecule has 2 heteroatoms. The van der Waals surface area contributed by atoms with Crippen LogP contribution in [0.5, 0.6) is 0 Å². The number of carbonyl (C=O) groups is 1. The number of esters is 1. The van der Waals surface area contributed by atoms with Gasteiger partial charge in [0.25, 0.3) is 0 Å². The quantitative estimate of drug-likeness (QED) is 0.382. The normalized spacial score (nSPS) is 12.4. The van der Waals surface area contributed by atoms with Crippen molar-refractivity contribution in [2.75, 3.05) is 0 Å². The summed E-state index contributed by atoms with van der Waals surface area (Å²) in [5.41, 5.74) is 0. The molecule has 0 saturated heterocycles. The molecule has 1 atom stereocenters. The van der Waals surface area contributed by atoms with Crippen LogP contribution in [0.2, 0.25) is 0 Å². The molecule has 2 nitrogen and oxygen atoms in total. The van der Waals surface area contributed by atoms with Crippen LogP contribution in [0, 0.1) is 0 Å². The zero-order chi connectivity index (χ0) is 12.9. The van der Waals surface area contributed by atoms with Crippen LogP contribution in [-0.4, -0.2) is 12.1 Å². The summed E-state index contributed by atoms with van der Waals surface area (Å²) in [6.07, 6.45) is 10.9. The summed E-state index contributed by atoms with van der Waals surface area (Å²) >= 11 is 0. The monoisotopic (exact) mass is 242 g/mol. The molecule has 0 aromatic carbocycles. The van der Waals surface area contributed by atoms with E-state index in [4.69, 9.17) is 4.74 Å². The molecular weight excluding hydrogens is 212 g/mol. The Morgan fingerprint density at radius 2 is 1.59 bits per heavy atom. The van der Waals surface area contributed by atoms with Gasteiger partial charge in [0, 0.05) is 6.42 Å². The van der Waals surface area contributed by atoms with Gasteiger partial charge in [-0.2, -0.15) is 0 Å². The maximum absolute atomic E-state index is 11.6. The van der Waals surface area contributed by atoms with Crippen LogP contribution in [-0.2, 0) is 9.53 Å². The Kier molecular flexibility index (Phi) is 11.6. The van der Waals surface area contributed by atoms with E-state index in [0.717, 1.165) is 25.7 Å². The van der Waals surface area contributed by atoms with E-state index >= 15 is 0 Å². The summed E-state index contributed by atoms with van der Waals surface area (Å²) in [6, 6.07) is 0. The lowest BCUT2D eigenvalue weighted by atomic mass is 10.1. The van der Waals surface area contributed by atoms with Gasteiger partial charge < -0.3 is 4.74 Å². The second-order valence-corrected chi connectivity index (χ2v) is 4.83. The van der Waals surface area contributed by atoms with Crippen LogP contribution < -0.4 is 0 Å². The summed E-state index contributed by atoms with van der Waals surface area (Å²) in [6.45, 7) is 6.47. The predicted octanol–water partition coefficient (Wildman–Crippen LogP) is 4.86. The molecule has 0 aliphatic rings. The summed E-state index contributed by atoms with van der Waals surface area (Å²) in [5.74, 6) is 0.00412. The number of unbranched alkanes of at least 4 members (excludes halogenated alkanes) is 5. The Morgan fingerprint density at radius 3 is 2.18 bits per heavy atom. The molecule has 0 amide bonds. The fourth-order valence-electron chi connectivity index (χ4n) is 1.91. The highest BCUT2D eigenvalue weighted by Crippen LogP contribution is 2.12. The highest BCUT2D eigenvalue weighted by Gasteiger charge is 2.11. The first-order valence-corrected chi connectivity index (χ1v) is 7.44. The van der Waals surface area contributed by atoms with E-state index in [9.17, 15) is 4.79 Å². The molecule has 17 heavy (non-hydrogen) atoms. The van der Waals surface area contributed by atoms with Crippen molar-refractivity contribution in [1.29, 1.82) is 0 Å². The highest BCUT2D eigenvalue weighted by molar-refractivity contribution is 5.69. The van der Waals surface area contributed by atoms with Gasteiger partial charge in [0.15, 0.2) is 0 Å². The Hall–Kier alpha value is -0.530. The molecule has 0 aliphatic heterocycles. The van der Waals surface area contributed by atoms with Crippen molar-refractivity contribution in [2.45, 2.75) is 91.1 Å². The molecule has 102 valence electrons. The third-order valence-electron chi connectivity index (χ3n) is 3.12. The largest absolute Gasteiger partial charge is 0.462 e. The van der Waals surface area contributed by atoms with Crippen molar-refractivity contribution in [3.05, 3.63) is 0 Å². The molecular formula is C15H30O2. The predicted molar refractivity (Wildman–Crippen MR) is 73.1 cm³/mol. The van der Waals surface area contributed by atoms with E-state index in [2.05, 4.69) is 20.8 Å². The third kappa shape index (κ3) is 10.3. The van der Waals surface area contributed by atoms with Crippen molar-refractivity contribution in [2.24, 2.45) is 0 Å². The smallest absolute Gasteiger partial charge is 0.306 e.